The number of hydrogen-bond donors (Lipinski definition) is 0. The highest BCUT2D eigenvalue weighted by Crippen LogP contribution is 2.28. The van der Waals surface area contributed by atoms with Crippen LogP contribution < -0.4 is 9.80 Å². The third-order valence-electron chi connectivity index (χ3n) is 5.73. The van der Waals surface area contributed by atoms with Gasteiger partial charge in [-0.15, -0.1) is 0 Å². The van der Waals surface area contributed by atoms with E-state index >= 15 is 0 Å². The van der Waals surface area contributed by atoms with Gasteiger partial charge in [0.25, 0.3) is 0 Å². The molecule has 4 rings (SSSR count). The first kappa shape index (κ1) is 20.3. The van der Waals surface area contributed by atoms with E-state index in [-0.39, 0.29) is 30.5 Å². The zero-order valence-corrected chi connectivity index (χ0v) is 17.1. The number of benzene rings is 2. The van der Waals surface area contributed by atoms with Gasteiger partial charge in [-0.2, -0.15) is 0 Å². The van der Waals surface area contributed by atoms with Gasteiger partial charge in [0.1, 0.15) is 5.82 Å². The minimum atomic E-state index is -0.463. The third kappa shape index (κ3) is 4.31. The lowest BCUT2D eigenvalue weighted by atomic mass is 10.1. The number of amides is 2. The predicted octanol–water partition coefficient (Wildman–Crippen LogP) is 2.67. The largest absolute Gasteiger partial charge is 0.378 e. The molecule has 6 nitrogen and oxygen atoms in total. The molecule has 0 N–H and O–H groups in total. The normalized spacial score (nSPS) is 19.3. The van der Waals surface area contributed by atoms with Crippen molar-refractivity contribution in [2.24, 2.45) is 5.92 Å². The first-order valence-electron chi connectivity index (χ1n) is 10.2. The zero-order valence-electron chi connectivity index (χ0n) is 17.1. The van der Waals surface area contributed by atoms with Crippen LogP contribution in [0.15, 0.2) is 48.5 Å². The van der Waals surface area contributed by atoms with Crippen LogP contribution >= 0.6 is 0 Å². The molecule has 2 heterocycles. The molecule has 158 valence electrons. The molecule has 2 amide bonds. The minimum Gasteiger partial charge on any atom is -0.378 e. The lowest BCUT2D eigenvalue weighted by Crippen LogP contribution is -2.36. The Morgan fingerprint density at radius 1 is 1.13 bits per heavy atom. The average Bonchev–Trinajstić information content (AvgIpc) is 3.16. The highest BCUT2D eigenvalue weighted by molar-refractivity contribution is 6.00. The van der Waals surface area contributed by atoms with Crippen LogP contribution in [0.4, 0.5) is 15.8 Å². The van der Waals surface area contributed by atoms with Crippen molar-refractivity contribution >= 4 is 23.2 Å². The molecule has 2 aliphatic rings. The molecule has 2 saturated heterocycles. The summed E-state index contributed by atoms with van der Waals surface area (Å²) in [5, 5.41) is 0. The van der Waals surface area contributed by atoms with E-state index < -0.39 is 11.7 Å². The van der Waals surface area contributed by atoms with Crippen molar-refractivity contribution < 1.29 is 18.7 Å². The zero-order chi connectivity index (χ0) is 21.1. The number of morpholine rings is 1. The summed E-state index contributed by atoms with van der Waals surface area (Å²) in [6.07, 6.45) is 0.105. The van der Waals surface area contributed by atoms with Crippen LogP contribution in [-0.4, -0.2) is 56.6 Å². The number of hydrogen-bond acceptors (Lipinski definition) is 4. The molecule has 0 aromatic heterocycles. The number of carbonyl (C=O) groups is 2. The molecule has 1 unspecified atom stereocenters. The van der Waals surface area contributed by atoms with E-state index in [4.69, 9.17) is 4.74 Å². The molecular weight excluding hydrogens is 385 g/mol. The molecule has 0 saturated carbocycles. The van der Waals surface area contributed by atoms with Gasteiger partial charge in [-0.1, -0.05) is 24.3 Å². The maximum atomic E-state index is 14.1. The summed E-state index contributed by atoms with van der Waals surface area (Å²) in [5.41, 5.74) is 2.41. The maximum absolute atomic E-state index is 14.1. The molecule has 2 aromatic carbocycles. The SMILES string of the molecule is CN(Cc1ccc(N2CCOCC2)cc1)C(=O)C1CC(=O)N(c2ccccc2F)C1. The second-order valence-corrected chi connectivity index (χ2v) is 7.82. The van der Waals surface area contributed by atoms with E-state index in [0.717, 1.165) is 37.6 Å². The second kappa shape index (κ2) is 8.83. The summed E-state index contributed by atoms with van der Waals surface area (Å²) < 4.78 is 19.4. The molecule has 1 atom stereocenters. The van der Waals surface area contributed by atoms with Crippen molar-refractivity contribution in [2.45, 2.75) is 13.0 Å². The topological polar surface area (TPSA) is 53.1 Å². The Balaban J connectivity index is 1.37. The van der Waals surface area contributed by atoms with E-state index in [9.17, 15) is 14.0 Å². The van der Waals surface area contributed by atoms with E-state index in [1.54, 1.807) is 30.1 Å². The van der Waals surface area contributed by atoms with Crippen molar-refractivity contribution in [3.05, 3.63) is 59.9 Å². The van der Waals surface area contributed by atoms with Crippen molar-refractivity contribution in [1.82, 2.24) is 4.90 Å². The number of para-hydroxylation sites is 1. The van der Waals surface area contributed by atoms with Crippen molar-refractivity contribution in [2.75, 3.05) is 49.7 Å². The minimum absolute atomic E-state index is 0.0977. The number of carbonyl (C=O) groups excluding carboxylic acids is 2. The Morgan fingerprint density at radius 3 is 2.53 bits per heavy atom. The number of ether oxygens (including phenoxy) is 1. The standard InChI is InChI=1S/C23H26FN3O3/c1-25(15-17-6-8-19(9-7-17)26-10-12-30-13-11-26)23(29)18-14-22(28)27(16-18)21-5-3-2-4-20(21)24/h2-9,18H,10-16H2,1H3. The van der Waals surface area contributed by atoms with Crippen LogP contribution in [0.1, 0.15) is 12.0 Å². The molecule has 2 fully saturated rings. The highest BCUT2D eigenvalue weighted by Gasteiger charge is 2.37. The summed E-state index contributed by atoms with van der Waals surface area (Å²) in [6, 6.07) is 14.4. The van der Waals surface area contributed by atoms with Gasteiger partial charge in [0.05, 0.1) is 24.8 Å². The molecule has 0 aliphatic carbocycles. The van der Waals surface area contributed by atoms with Crippen LogP contribution in [0.3, 0.4) is 0 Å². The fraction of sp³-hybridized carbons (Fsp3) is 0.391. The van der Waals surface area contributed by atoms with Gasteiger partial charge in [0.2, 0.25) is 11.8 Å². The van der Waals surface area contributed by atoms with Gasteiger partial charge in [0, 0.05) is 45.3 Å². The average molecular weight is 411 g/mol. The van der Waals surface area contributed by atoms with Crippen LogP contribution in [0.5, 0.6) is 0 Å². The monoisotopic (exact) mass is 411 g/mol. The Labute approximate surface area is 175 Å². The van der Waals surface area contributed by atoms with Gasteiger partial charge in [-0.25, -0.2) is 4.39 Å². The summed E-state index contributed by atoms with van der Waals surface area (Å²) in [6.45, 7) is 3.91. The van der Waals surface area contributed by atoms with Gasteiger partial charge in [0.15, 0.2) is 0 Å². The highest BCUT2D eigenvalue weighted by atomic mass is 19.1. The van der Waals surface area contributed by atoms with Crippen LogP contribution in [0.2, 0.25) is 0 Å². The van der Waals surface area contributed by atoms with E-state index in [0.29, 0.717) is 6.54 Å². The van der Waals surface area contributed by atoms with E-state index in [1.807, 2.05) is 12.1 Å². The van der Waals surface area contributed by atoms with Gasteiger partial charge in [-0.05, 0) is 29.8 Å². The Kier molecular flexibility index (Phi) is 5.99. The van der Waals surface area contributed by atoms with E-state index in [1.165, 1.54) is 11.0 Å². The fourth-order valence-corrected chi connectivity index (χ4v) is 4.07. The quantitative estimate of drug-likeness (QED) is 0.759. The van der Waals surface area contributed by atoms with E-state index in [2.05, 4.69) is 17.0 Å². The summed E-state index contributed by atoms with van der Waals surface area (Å²) in [7, 11) is 1.74. The fourth-order valence-electron chi connectivity index (χ4n) is 4.07. The first-order chi connectivity index (χ1) is 14.5. The number of rotatable bonds is 5. The summed E-state index contributed by atoms with van der Waals surface area (Å²) >= 11 is 0. The molecule has 2 aliphatic heterocycles. The predicted molar refractivity (Wildman–Crippen MR) is 113 cm³/mol. The molecule has 2 aromatic rings. The Hall–Kier alpha value is -2.93. The lowest BCUT2D eigenvalue weighted by molar-refractivity contribution is -0.135. The van der Waals surface area contributed by atoms with Crippen molar-refractivity contribution in [1.29, 1.82) is 0 Å². The lowest BCUT2D eigenvalue weighted by Gasteiger charge is -2.29. The Morgan fingerprint density at radius 2 is 1.83 bits per heavy atom. The van der Waals surface area contributed by atoms with Gasteiger partial charge >= 0.3 is 0 Å². The molecule has 0 bridgehead atoms. The molecule has 0 spiro atoms. The number of nitrogens with zero attached hydrogens (tertiary/aromatic N) is 3. The van der Waals surface area contributed by atoms with Crippen LogP contribution in [-0.2, 0) is 20.9 Å². The van der Waals surface area contributed by atoms with Crippen molar-refractivity contribution in [3.63, 3.8) is 0 Å². The molecule has 30 heavy (non-hydrogen) atoms. The van der Waals surface area contributed by atoms with Crippen molar-refractivity contribution in [3.8, 4) is 0 Å². The van der Waals surface area contributed by atoms with Crippen LogP contribution in [0.25, 0.3) is 0 Å². The Bertz CT molecular complexity index is 912. The maximum Gasteiger partial charge on any atom is 0.228 e. The first-order valence-corrected chi connectivity index (χ1v) is 10.2. The van der Waals surface area contributed by atoms with Gasteiger partial charge < -0.3 is 19.4 Å². The molecular formula is C23H26FN3O3. The third-order valence-corrected chi connectivity index (χ3v) is 5.73. The summed E-state index contributed by atoms with van der Waals surface area (Å²) in [5.74, 6) is -1.23. The smallest absolute Gasteiger partial charge is 0.228 e. The molecule has 7 heteroatoms. The second-order valence-electron chi connectivity index (χ2n) is 7.82. The number of anilines is 2. The summed E-state index contributed by atoms with van der Waals surface area (Å²) in [4.78, 5) is 30.6. The van der Waals surface area contributed by atoms with Gasteiger partial charge in [-0.3, -0.25) is 9.59 Å². The van der Waals surface area contributed by atoms with Crippen LogP contribution in [0, 0.1) is 11.7 Å². The molecule has 0 radical (unpaired) electrons. The number of halogens is 1.